The van der Waals surface area contributed by atoms with E-state index < -0.39 is 14.2 Å². The van der Waals surface area contributed by atoms with Crippen LogP contribution in [0.1, 0.15) is 5.56 Å². The molecule has 3 heteroatoms. The third-order valence-corrected chi connectivity index (χ3v) is 8.53. The molecule has 2 aromatic rings. The van der Waals surface area contributed by atoms with Crippen molar-refractivity contribution in [1.29, 1.82) is 0 Å². The molecular weight excluding hydrogens is 300 g/mol. The summed E-state index contributed by atoms with van der Waals surface area (Å²) in [5.41, 5.74) is 1.18. The maximum Gasteiger partial charge on any atom is 0.0902 e. The van der Waals surface area contributed by atoms with E-state index in [1.54, 1.807) is 0 Å². The predicted octanol–water partition coefficient (Wildman–Crippen LogP) is 3.74. The summed E-state index contributed by atoms with van der Waals surface area (Å²) in [6.07, 6.45) is 1.37. The first kappa shape index (κ1) is 17.7. The van der Waals surface area contributed by atoms with Gasteiger partial charge in [-0.1, -0.05) is 85.0 Å². The van der Waals surface area contributed by atoms with E-state index in [4.69, 9.17) is 4.74 Å². The molecule has 0 heterocycles. The molecule has 23 heavy (non-hydrogen) atoms. The number of aliphatic hydroxyl groups excluding tert-OH is 1. The Morgan fingerprint density at radius 3 is 2.17 bits per heavy atom. The monoisotopic (exact) mass is 326 g/mol. The zero-order valence-electron chi connectivity index (χ0n) is 14.0. The van der Waals surface area contributed by atoms with Gasteiger partial charge in [-0.05, 0) is 5.56 Å². The van der Waals surface area contributed by atoms with E-state index in [2.05, 4.69) is 43.9 Å². The van der Waals surface area contributed by atoms with Crippen LogP contribution < -0.4 is 5.19 Å². The van der Waals surface area contributed by atoms with Crippen LogP contribution in [0.25, 0.3) is 0 Å². The minimum absolute atomic E-state index is 0.0562. The van der Waals surface area contributed by atoms with Crippen LogP contribution in [0.2, 0.25) is 18.6 Å². The minimum Gasteiger partial charge on any atom is -0.390 e. The van der Waals surface area contributed by atoms with Crippen molar-refractivity contribution >= 4 is 13.3 Å². The van der Waals surface area contributed by atoms with Gasteiger partial charge >= 0.3 is 0 Å². The summed E-state index contributed by atoms with van der Waals surface area (Å²) in [5.74, 6) is 0. The number of rotatable bonds is 8. The third-order valence-electron chi connectivity index (χ3n) is 4.42. The SMILES string of the molecule is C=C[C@H]([C@H](O)COCc1ccccc1)[Si](C)(C)c1ccccc1. The standard InChI is InChI=1S/C20H26O2Si/c1-4-20(23(2,3)18-13-9-6-10-14-18)19(21)16-22-15-17-11-7-5-8-12-17/h4-14,19-21H,1,15-16H2,2-3H3/t19-,20-/m1/s1. The zero-order chi connectivity index (χ0) is 16.7. The van der Waals surface area contributed by atoms with E-state index in [0.717, 1.165) is 5.56 Å². The number of ether oxygens (including phenoxy) is 1. The van der Waals surface area contributed by atoms with Crippen molar-refractivity contribution < 1.29 is 9.84 Å². The first-order chi connectivity index (χ1) is 11.1. The van der Waals surface area contributed by atoms with Crippen molar-refractivity contribution in [2.75, 3.05) is 6.61 Å². The smallest absolute Gasteiger partial charge is 0.0902 e. The van der Waals surface area contributed by atoms with Gasteiger partial charge in [-0.3, -0.25) is 0 Å². The van der Waals surface area contributed by atoms with E-state index in [1.807, 2.05) is 42.5 Å². The van der Waals surface area contributed by atoms with E-state index in [9.17, 15) is 5.11 Å². The van der Waals surface area contributed by atoms with Crippen LogP contribution in [0.4, 0.5) is 0 Å². The van der Waals surface area contributed by atoms with Crippen molar-refractivity contribution in [2.45, 2.75) is 31.3 Å². The maximum atomic E-state index is 10.6. The lowest BCUT2D eigenvalue weighted by Crippen LogP contribution is -2.50. The normalized spacial score (nSPS) is 14.2. The molecule has 0 aliphatic rings. The number of benzene rings is 2. The molecule has 0 saturated heterocycles. The van der Waals surface area contributed by atoms with Crippen LogP contribution in [0.5, 0.6) is 0 Å². The Morgan fingerprint density at radius 1 is 1.04 bits per heavy atom. The van der Waals surface area contributed by atoms with Gasteiger partial charge in [0.15, 0.2) is 0 Å². The van der Waals surface area contributed by atoms with Crippen LogP contribution in [0, 0.1) is 0 Å². The average Bonchev–Trinajstić information content (AvgIpc) is 2.57. The zero-order valence-corrected chi connectivity index (χ0v) is 15.0. The van der Waals surface area contributed by atoms with Gasteiger partial charge in [-0.25, -0.2) is 0 Å². The highest BCUT2D eigenvalue weighted by Gasteiger charge is 2.36. The Labute approximate surface area is 140 Å². The minimum atomic E-state index is -1.85. The fourth-order valence-corrected chi connectivity index (χ4v) is 6.05. The molecule has 0 aromatic heterocycles. The van der Waals surface area contributed by atoms with E-state index in [0.29, 0.717) is 13.2 Å². The van der Waals surface area contributed by atoms with Crippen molar-refractivity contribution in [3.05, 3.63) is 78.9 Å². The molecule has 0 amide bonds. The molecule has 1 N–H and O–H groups in total. The van der Waals surface area contributed by atoms with Crippen LogP contribution in [-0.4, -0.2) is 25.9 Å². The topological polar surface area (TPSA) is 29.5 Å². The molecule has 2 atom stereocenters. The van der Waals surface area contributed by atoms with Crippen molar-refractivity contribution in [3.63, 3.8) is 0 Å². The molecule has 2 aromatic carbocycles. The molecule has 0 saturated carbocycles. The fraction of sp³-hybridized carbons (Fsp3) is 0.300. The van der Waals surface area contributed by atoms with Gasteiger partial charge in [0.25, 0.3) is 0 Å². The summed E-state index contributed by atoms with van der Waals surface area (Å²) >= 11 is 0. The molecule has 2 rings (SSSR count). The summed E-state index contributed by atoms with van der Waals surface area (Å²) in [6.45, 7) is 9.36. The van der Waals surface area contributed by atoms with Gasteiger partial charge in [0.2, 0.25) is 0 Å². The Kier molecular flexibility index (Phi) is 6.34. The Morgan fingerprint density at radius 2 is 1.61 bits per heavy atom. The van der Waals surface area contributed by atoms with Gasteiger partial charge in [-0.15, -0.1) is 6.58 Å². The lowest BCUT2D eigenvalue weighted by molar-refractivity contribution is 0.0295. The van der Waals surface area contributed by atoms with Crippen LogP contribution in [0.3, 0.4) is 0 Å². The largest absolute Gasteiger partial charge is 0.390 e. The van der Waals surface area contributed by atoms with E-state index in [1.165, 1.54) is 5.19 Å². The van der Waals surface area contributed by atoms with Gasteiger partial charge in [0, 0.05) is 5.54 Å². The average molecular weight is 327 g/mol. The summed E-state index contributed by atoms with van der Waals surface area (Å²) in [6, 6.07) is 20.5. The summed E-state index contributed by atoms with van der Waals surface area (Å²) < 4.78 is 5.72. The molecule has 0 fully saturated rings. The molecule has 122 valence electrons. The number of hydrogen-bond donors (Lipinski definition) is 1. The Bertz CT molecular complexity index is 596. The van der Waals surface area contributed by atoms with Crippen molar-refractivity contribution in [1.82, 2.24) is 0 Å². The number of hydrogen-bond acceptors (Lipinski definition) is 2. The first-order valence-electron chi connectivity index (χ1n) is 8.03. The van der Waals surface area contributed by atoms with Gasteiger partial charge in [0.05, 0.1) is 27.4 Å². The third kappa shape index (κ3) is 4.64. The van der Waals surface area contributed by atoms with Crippen molar-refractivity contribution in [3.8, 4) is 0 Å². The van der Waals surface area contributed by atoms with Gasteiger partial charge in [-0.2, -0.15) is 0 Å². The Hall–Kier alpha value is -1.68. The van der Waals surface area contributed by atoms with E-state index in [-0.39, 0.29) is 5.54 Å². The lowest BCUT2D eigenvalue weighted by atomic mass is 10.2. The second-order valence-corrected chi connectivity index (χ2v) is 11.1. The number of aliphatic hydroxyl groups is 1. The molecule has 0 bridgehead atoms. The van der Waals surface area contributed by atoms with Gasteiger partial charge < -0.3 is 9.84 Å². The summed E-state index contributed by atoms with van der Waals surface area (Å²) in [5, 5.41) is 11.9. The highest BCUT2D eigenvalue weighted by molar-refractivity contribution is 6.91. The molecule has 0 aliphatic heterocycles. The van der Waals surface area contributed by atoms with Crippen LogP contribution in [0.15, 0.2) is 73.3 Å². The second-order valence-electron chi connectivity index (χ2n) is 6.42. The molecule has 0 spiro atoms. The van der Waals surface area contributed by atoms with Crippen LogP contribution >= 0.6 is 0 Å². The highest BCUT2D eigenvalue weighted by atomic mass is 28.3. The predicted molar refractivity (Wildman–Crippen MR) is 99.6 cm³/mol. The summed E-state index contributed by atoms with van der Waals surface area (Å²) in [7, 11) is -1.85. The van der Waals surface area contributed by atoms with Crippen molar-refractivity contribution in [2.24, 2.45) is 0 Å². The first-order valence-corrected chi connectivity index (χ1v) is 11.1. The molecule has 2 nitrogen and oxygen atoms in total. The molecule has 0 unspecified atom stereocenters. The second kappa shape index (κ2) is 8.25. The van der Waals surface area contributed by atoms with Crippen LogP contribution in [-0.2, 0) is 11.3 Å². The maximum absolute atomic E-state index is 10.6. The summed E-state index contributed by atoms with van der Waals surface area (Å²) in [4.78, 5) is 0. The Balaban J connectivity index is 1.98. The highest BCUT2D eigenvalue weighted by Crippen LogP contribution is 2.27. The molecule has 0 radical (unpaired) electrons. The fourth-order valence-electron chi connectivity index (χ4n) is 2.97. The molecule has 0 aliphatic carbocycles. The lowest BCUT2D eigenvalue weighted by Gasteiger charge is -2.34. The molecular formula is C20H26O2Si. The van der Waals surface area contributed by atoms with Gasteiger partial charge in [0.1, 0.15) is 0 Å². The quantitative estimate of drug-likeness (QED) is 0.591. The van der Waals surface area contributed by atoms with E-state index >= 15 is 0 Å².